The summed E-state index contributed by atoms with van der Waals surface area (Å²) in [7, 11) is 0. The lowest BCUT2D eigenvalue weighted by atomic mass is 9.46. The van der Waals surface area contributed by atoms with Crippen LogP contribution in [-0.4, -0.2) is 15.5 Å². The molecule has 1 aromatic heterocycles. The first-order valence-electron chi connectivity index (χ1n) is 18.9. The Labute approximate surface area is 305 Å². The predicted octanol–water partition coefficient (Wildman–Crippen LogP) is 11.7. The minimum Gasteiger partial charge on any atom is -0.310 e. The van der Waals surface area contributed by atoms with Crippen LogP contribution in [0, 0.1) is 11.3 Å². The maximum absolute atomic E-state index is 5.65. The van der Waals surface area contributed by atoms with E-state index in [1.54, 1.807) is 5.57 Å². The van der Waals surface area contributed by atoms with Gasteiger partial charge in [-0.2, -0.15) is 0 Å². The fraction of sp³-hybridized carbons (Fsp3) is 0.224. The minimum absolute atomic E-state index is 0.177. The summed E-state index contributed by atoms with van der Waals surface area (Å²) in [6.45, 7) is 15.1. The number of fused-ring (bicyclic) bond motifs is 9. The Morgan fingerprint density at radius 2 is 1.21 bits per heavy atom. The molecule has 6 aromatic rings. The van der Waals surface area contributed by atoms with Crippen molar-refractivity contribution in [2.75, 3.05) is 4.90 Å². The predicted molar refractivity (Wildman–Crippen MR) is 213 cm³/mol. The van der Waals surface area contributed by atoms with Crippen LogP contribution in [0.2, 0.25) is 0 Å². The van der Waals surface area contributed by atoms with Gasteiger partial charge in [0.05, 0.1) is 33.4 Å². The minimum atomic E-state index is -0.512. The van der Waals surface area contributed by atoms with Crippen LogP contribution < -0.4 is 4.90 Å². The van der Waals surface area contributed by atoms with Crippen molar-refractivity contribution >= 4 is 39.3 Å². The molecule has 2 aliphatic heterocycles. The fourth-order valence-corrected chi connectivity index (χ4v) is 12.2. The van der Waals surface area contributed by atoms with Crippen LogP contribution in [0.25, 0.3) is 50.0 Å². The number of rotatable bonds is 1. The van der Waals surface area contributed by atoms with Gasteiger partial charge in [0.2, 0.25) is 0 Å². The maximum atomic E-state index is 5.65. The normalized spacial score (nSPS) is 27.5. The fourth-order valence-electron chi connectivity index (χ4n) is 12.2. The molecule has 0 N–H and O–H groups in total. The average molecular weight is 670 g/mol. The summed E-state index contributed by atoms with van der Waals surface area (Å²) in [4.78, 5) is 13.9. The monoisotopic (exact) mass is 669 g/mol. The molecule has 6 aliphatic rings. The molecule has 4 aliphatic carbocycles. The van der Waals surface area contributed by atoms with Crippen molar-refractivity contribution < 1.29 is 0 Å². The van der Waals surface area contributed by atoms with Crippen LogP contribution in [0.1, 0.15) is 69.5 Å². The molecule has 0 radical (unpaired) electrons. The lowest BCUT2D eigenvalue weighted by Gasteiger charge is -2.61. The van der Waals surface area contributed by atoms with Crippen LogP contribution in [0.15, 0.2) is 132 Å². The van der Waals surface area contributed by atoms with E-state index >= 15 is 0 Å². The van der Waals surface area contributed by atoms with Crippen molar-refractivity contribution in [3.05, 3.63) is 160 Å². The molecule has 0 amide bonds. The SMILES string of the molecule is CC1C(c2ccccc2)=CC2(C)C3=C1C1(C)C4=C5c6c(cccc6N(c6nc7ccccc7nc62)C53C)-c2ccccc2-c2cccc(c24)C1(C)C. The van der Waals surface area contributed by atoms with Crippen LogP contribution in [0.4, 0.5) is 11.5 Å². The summed E-state index contributed by atoms with van der Waals surface area (Å²) in [6.07, 6.45) is 2.59. The molecule has 0 spiro atoms. The number of anilines is 2. The van der Waals surface area contributed by atoms with Crippen LogP contribution >= 0.6 is 0 Å². The Bertz CT molecular complexity index is 2780. The van der Waals surface area contributed by atoms with Crippen molar-refractivity contribution in [2.24, 2.45) is 11.3 Å². The second-order valence-electron chi connectivity index (χ2n) is 16.9. The number of hydrogen-bond donors (Lipinski definition) is 0. The zero-order valence-electron chi connectivity index (χ0n) is 30.5. The average Bonchev–Trinajstić information content (AvgIpc) is 3.53. The van der Waals surface area contributed by atoms with Crippen molar-refractivity contribution in [3.8, 4) is 22.3 Å². The Hall–Kier alpha value is -5.54. The van der Waals surface area contributed by atoms with E-state index in [4.69, 9.17) is 9.97 Å². The first-order chi connectivity index (χ1) is 25.1. The molecule has 3 heterocycles. The van der Waals surface area contributed by atoms with Crippen LogP contribution in [0.5, 0.6) is 0 Å². The van der Waals surface area contributed by atoms with Gasteiger partial charge in [-0.1, -0.05) is 131 Å². The lowest BCUT2D eigenvalue weighted by molar-refractivity contribution is 0.286. The Morgan fingerprint density at radius 3 is 1.94 bits per heavy atom. The Balaban J connectivity index is 1.35. The summed E-state index contributed by atoms with van der Waals surface area (Å²) < 4.78 is 0. The smallest absolute Gasteiger partial charge is 0.157 e. The number of nitrogens with zero attached hydrogens (tertiary/aromatic N) is 3. The largest absolute Gasteiger partial charge is 0.310 e. The highest BCUT2D eigenvalue weighted by molar-refractivity contribution is 6.20. The highest BCUT2D eigenvalue weighted by Gasteiger charge is 2.70. The molecular formula is C49H39N3. The molecular weight excluding hydrogens is 631 g/mol. The van der Waals surface area contributed by atoms with Gasteiger partial charge in [0.25, 0.3) is 0 Å². The highest BCUT2D eigenvalue weighted by atomic mass is 15.3. The standard InChI is InChI=1S/C49H39N3/c1-27-33(28-16-8-7-9-17-28)26-47(4)43-40(27)48(5)41-38-31(20-14-22-34(38)46(48,2)3)29-18-10-11-19-30(29)32-21-15-25-37-39(32)42(41)49(43,6)52(37)45-44(47)50-35-23-12-13-24-36(35)51-45/h7-27H,1-6H3. The van der Waals surface area contributed by atoms with Gasteiger partial charge in [0, 0.05) is 22.3 Å². The second-order valence-corrected chi connectivity index (χ2v) is 16.9. The van der Waals surface area contributed by atoms with Gasteiger partial charge in [0.15, 0.2) is 5.82 Å². The third kappa shape index (κ3) is 2.89. The van der Waals surface area contributed by atoms with E-state index in [0.29, 0.717) is 0 Å². The Kier molecular flexibility index (Phi) is 4.98. The third-order valence-corrected chi connectivity index (χ3v) is 14.5. The molecule has 0 saturated carbocycles. The first kappa shape index (κ1) is 29.1. The van der Waals surface area contributed by atoms with E-state index in [0.717, 1.165) is 22.5 Å². The molecule has 0 fully saturated rings. The summed E-state index contributed by atoms with van der Waals surface area (Å²) in [5, 5.41) is 0. The van der Waals surface area contributed by atoms with Gasteiger partial charge in [-0.3, -0.25) is 0 Å². The topological polar surface area (TPSA) is 29.0 Å². The number of benzene rings is 5. The van der Waals surface area contributed by atoms with E-state index < -0.39 is 11.0 Å². The molecule has 3 nitrogen and oxygen atoms in total. The zero-order chi connectivity index (χ0) is 35.1. The third-order valence-electron chi connectivity index (χ3n) is 14.5. The van der Waals surface area contributed by atoms with Gasteiger partial charge >= 0.3 is 0 Å². The van der Waals surface area contributed by atoms with E-state index in [9.17, 15) is 0 Å². The highest BCUT2D eigenvalue weighted by Crippen LogP contribution is 2.78. The molecule has 4 atom stereocenters. The summed E-state index contributed by atoms with van der Waals surface area (Å²) in [5.74, 6) is 1.15. The van der Waals surface area contributed by atoms with Gasteiger partial charge in [-0.25, -0.2) is 9.97 Å². The summed E-state index contributed by atoms with van der Waals surface area (Å²) in [6, 6.07) is 42.8. The van der Waals surface area contributed by atoms with Gasteiger partial charge in [0.1, 0.15) is 0 Å². The summed E-state index contributed by atoms with van der Waals surface area (Å²) >= 11 is 0. The number of hydrogen-bond acceptors (Lipinski definition) is 3. The molecule has 5 aromatic carbocycles. The lowest BCUT2D eigenvalue weighted by Crippen LogP contribution is -2.59. The van der Waals surface area contributed by atoms with E-state index in [-0.39, 0.29) is 16.7 Å². The second kappa shape index (κ2) is 8.90. The molecule has 250 valence electrons. The van der Waals surface area contributed by atoms with E-state index in [1.165, 1.54) is 72.5 Å². The number of allylic oxidation sites excluding steroid dienone is 4. The maximum Gasteiger partial charge on any atom is 0.157 e. The van der Waals surface area contributed by atoms with Crippen molar-refractivity contribution in [1.82, 2.24) is 9.97 Å². The zero-order valence-corrected chi connectivity index (χ0v) is 30.5. The first-order valence-corrected chi connectivity index (χ1v) is 18.9. The molecule has 0 saturated heterocycles. The van der Waals surface area contributed by atoms with Crippen molar-refractivity contribution in [3.63, 3.8) is 0 Å². The number of aromatic nitrogens is 2. The van der Waals surface area contributed by atoms with Crippen LogP contribution in [-0.2, 0) is 10.8 Å². The number of para-hydroxylation sites is 2. The van der Waals surface area contributed by atoms with E-state index in [1.807, 2.05) is 0 Å². The van der Waals surface area contributed by atoms with Gasteiger partial charge < -0.3 is 4.90 Å². The van der Waals surface area contributed by atoms with E-state index in [2.05, 4.69) is 168 Å². The molecule has 12 rings (SSSR count). The molecule has 0 bridgehead atoms. The quantitative estimate of drug-likeness (QED) is 0.163. The Morgan fingerprint density at radius 1 is 0.596 bits per heavy atom. The molecule has 52 heavy (non-hydrogen) atoms. The summed E-state index contributed by atoms with van der Waals surface area (Å²) in [5.41, 5.74) is 20.8. The van der Waals surface area contributed by atoms with Crippen LogP contribution in [0.3, 0.4) is 0 Å². The van der Waals surface area contributed by atoms with Crippen molar-refractivity contribution in [1.29, 1.82) is 0 Å². The van der Waals surface area contributed by atoms with Crippen molar-refractivity contribution in [2.45, 2.75) is 57.9 Å². The van der Waals surface area contributed by atoms with Gasteiger partial charge in [-0.05, 0) is 98.9 Å². The van der Waals surface area contributed by atoms with Gasteiger partial charge in [-0.15, -0.1) is 0 Å². The molecule has 3 heteroatoms. The molecule has 4 unspecified atom stereocenters.